The molecule has 0 spiro atoms. The summed E-state index contributed by atoms with van der Waals surface area (Å²) in [6, 6.07) is 11.1. The fourth-order valence-corrected chi connectivity index (χ4v) is 4.61. The Bertz CT molecular complexity index is 926. The molecule has 0 bridgehead atoms. The predicted molar refractivity (Wildman–Crippen MR) is 109 cm³/mol. The van der Waals surface area contributed by atoms with Crippen molar-refractivity contribution in [2.45, 2.75) is 53.1 Å². The first kappa shape index (κ1) is 17.0. The Hall–Kier alpha value is -2.42. The van der Waals surface area contributed by atoms with Gasteiger partial charge in [0, 0.05) is 34.3 Å². The van der Waals surface area contributed by atoms with Gasteiger partial charge in [0.2, 0.25) is 0 Å². The lowest BCUT2D eigenvalue weighted by atomic mass is 9.84. The van der Waals surface area contributed by atoms with Gasteiger partial charge in [0.15, 0.2) is 0 Å². The molecule has 0 fully saturated rings. The van der Waals surface area contributed by atoms with Crippen LogP contribution in [0.3, 0.4) is 0 Å². The molecule has 1 atom stereocenters. The number of ether oxygens (including phenoxy) is 1. The molecule has 3 heteroatoms. The van der Waals surface area contributed by atoms with Crippen LogP contribution in [0.2, 0.25) is 0 Å². The van der Waals surface area contributed by atoms with Gasteiger partial charge < -0.3 is 14.5 Å². The summed E-state index contributed by atoms with van der Waals surface area (Å²) in [7, 11) is 1.77. The molecular weight excluding hydrogens is 320 g/mol. The molecule has 2 heterocycles. The maximum atomic E-state index is 5.72. The van der Waals surface area contributed by atoms with Gasteiger partial charge in [-0.3, -0.25) is 0 Å². The van der Waals surface area contributed by atoms with Crippen LogP contribution in [-0.2, 0) is 5.41 Å². The first-order valence-electron chi connectivity index (χ1n) is 9.33. The Morgan fingerprint density at radius 1 is 1.00 bits per heavy atom. The number of anilines is 2. The van der Waals surface area contributed by atoms with E-state index in [1.54, 1.807) is 7.11 Å². The Balaban J connectivity index is 1.87. The molecule has 136 valence electrons. The van der Waals surface area contributed by atoms with Crippen molar-refractivity contribution in [1.29, 1.82) is 0 Å². The standard InChI is InChI=1S/C23H28N2O/c1-14-12-20(16(3)22(26-7)15(14)2)24-13-21-23(5,6)18-10-8-9-11-19(18)25(21)17(24)4/h8-13,17H,1-7H3/t17-/m1/s1. The molecule has 0 unspecified atom stereocenters. The lowest BCUT2D eigenvalue weighted by Crippen LogP contribution is -2.37. The number of methoxy groups -OCH3 is 1. The van der Waals surface area contributed by atoms with Crippen LogP contribution < -0.4 is 14.5 Å². The first-order valence-corrected chi connectivity index (χ1v) is 9.33. The highest BCUT2D eigenvalue weighted by atomic mass is 16.5. The van der Waals surface area contributed by atoms with Gasteiger partial charge in [0.1, 0.15) is 11.9 Å². The van der Waals surface area contributed by atoms with Crippen molar-refractivity contribution in [3.8, 4) is 5.75 Å². The van der Waals surface area contributed by atoms with Crippen molar-refractivity contribution in [3.63, 3.8) is 0 Å². The van der Waals surface area contributed by atoms with Crippen molar-refractivity contribution in [2.75, 3.05) is 16.9 Å². The molecule has 0 N–H and O–H groups in total. The van der Waals surface area contributed by atoms with E-state index in [1.165, 1.54) is 39.3 Å². The van der Waals surface area contributed by atoms with Gasteiger partial charge in [-0.2, -0.15) is 0 Å². The highest BCUT2D eigenvalue weighted by Gasteiger charge is 2.47. The quantitative estimate of drug-likeness (QED) is 0.720. The van der Waals surface area contributed by atoms with Crippen molar-refractivity contribution in [2.24, 2.45) is 0 Å². The van der Waals surface area contributed by atoms with Crippen molar-refractivity contribution >= 4 is 11.4 Å². The van der Waals surface area contributed by atoms with E-state index in [2.05, 4.69) is 87.9 Å². The number of hydrogen-bond acceptors (Lipinski definition) is 3. The topological polar surface area (TPSA) is 15.7 Å². The van der Waals surface area contributed by atoms with Gasteiger partial charge in [-0.15, -0.1) is 0 Å². The second-order valence-corrected chi connectivity index (χ2v) is 8.06. The van der Waals surface area contributed by atoms with E-state index >= 15 is 0 Å². The van der Waals surface area contributed by atoms with Gasteiger partial charge in [-0.25, -0.2) is 0 Å². The average molecular weight is 348 g/mol. The number of hydrogen-bond donors (Lipinski definition) is 0. The lowest BCUT2D eigenvalue weighted by Gasteiger charge is -2.31. The summed E-state index contributed by atoms with van der Waals surface area (Å²) in [5.41, 5.74) is 9.03. The van der Waals surface area contributed by atoms with E-state index < -0.39 is 0 Å². The fraction of sp³-hybridized carbons (Fsp3) is 0.391. The second kappa shape index (κ2) is 5.54. The smallest absolute Gasteiger partial charge is 0.127 e. The molecule has 2 aromatic rings. The molecule has 0 saturated heterocycles. The third-order valence-corrected chi connectivity index (χ3v) is 6.27. The summed E-state index contributed by atoms with van der Waals surface area (Å²) >= 11 is 0. The van der Waals surface area contributed by atoms with Crippen LogP contribution in [0.1, 0.15) is 43.0 Å². The van der Waals surface area contributed by atoms with E-state index in [0.717, 1.165) is 5.75 Å². The van der Waals surface area contributed by atoms with Gasteiger partial charge in [0.25, 0.3) is 0 Å². The van der Waals surface area contributed by atoms with Gasteiger partial charge in [-0.05, 0) is 56.5 Å². The highest BCUT2D eigenvalue weighted by molar-refractivity contribution is 5.77. The maximum Gasteiger partial charge on any atom is 0.127 e. The average Bonchev–Trinajstić information content (AvgIpc) is 3.06. The summed E-state index contributed by atoms with van der Waals surface area (Å²) in [6.45, 7) is 13.4. The van der Waals surface area contributed by atoms with E-state index in [4.69, 9.17) is 4.74 Å². The lowest BCUT2D eigenvalue weighted by molar-refractivity contribution is 0.408. The fourth-order valence-electron chi connectivity index (χ4n) is 4.61. The molecular formula is C23H28N2O. The number of nitrogens with zero attached hydrogens (tertiary/aromatic N) is 2. The zero-order valence-corrected chi connectivity index (χ0v) is 16.8. The summed E-state index contributed by atoms with van der Waals surface area (Å²) in [4.78, 5) is 4.88. The van der Waals surface area contributed by atoms with Gasteiger partial charge in [-0.1, -0.05) is 32.0 Å². The van der Waals surface area contributed by atoms with Crippen LogP contribution in [0.4, 0.5) is 11.4 Å². The number of para-hydroxylation sites is 1. The van der Waals surface area contributed by atoms with Crippen molar-refractivity contribution < 1.29 is 4.74 Å². The minimum absolute atomic E-state index is 0.0112. The summed E-state index contributed by atoms with van der Waals surface area (Å²) in [5, 5.41) is 0. The Morgan fingerprint density at radius 3 is 2.38 bits per heavy atom. The maximum absolute atomic E-state index is 5.72. The molecule has 4 rings (SSSR count). The van der Waals surface area contributed by atoms with Crippen LogP contribution >= 0.6 is 0 Å². The number of aryl methyl sites for hydroxylation is 1. The predicted octanol–water partition coefficient (Wildman–Crippen LogP) is 5.43. The minimum atomic E-state index is 0.0112. The number of fused-ring (bicyclic) bond motifs is 3. The summed E-state index contributed by atoms with van der Waals surface area (Å²) < 4.78 is 5.72. The van der Waals surface area contributed by atoms with Crippen LogP contribution in [-0.4, -0.2) is 13.3 Å². The summed E-state index contributed by atoms with van der Waals surface area (Å²) in [5.74, 6) is 0.998. The number of benzene rings is 2. The SMILES string of the molecule is COc1c(C)c(C)cc(N2C=C3N(c4ccccc4C3(C)C)[C@@H]2C)c1C. The normalized spacial score (nSPS) is 20.1. The molecule has 2 aromatic carbocycles. The molecule has 0 aliphatic carbocycles. The molecule has 3 nitrogen and oxygen atoms in total. The van der Waals surface area contributed by atoms with Crippen molar-refractivity contribution in [3.05, 3.63) is 64.5 Å². The molecule has 0 saturated carbocycles. The van der Waals surface area contributed by atoms with E-state index in [-0.39, 0.29) is 11.6 Å². The highest BCUT2D eigenvalue weighted by Crippen LogP contribution is 2.52. The Morgan fingerprint density at radius 2 is 1.69 bits per heavy atom. The first-order chi connectivity index (χ1) is 12.3. The molecule has 0 radical (unpaired) electrons. The molecule has 0 amide bonds. The third-order valence-electron chi connectivity index (χ3n) is 6.27. The van der Waals surface area contributed by atoms with Crippen LogP contribution in [0.25, 0.3) is 0 Å². The van der Waals surface area contributed by atoms with Crippen LogP contribution in [0, 0.1) is 20.8 Å². The molecule has 0 aromatic heterocycles. The molecule has 2 aliphatic heterocycles. The second-order valence-electron chi connectivity index (χ2n) is 8.06. The van der Waals surface area contributed by atoms with Gasteiger partial charge in [0.05, 0.1) is 7.11 Å². The van der Waals surface area contributed by atoms with Crippen LogP contribution in [0.15, 0.2) is 42.2 Å². The van der Waals surface area contributed by atoms with Crippen molar-refractivity contribution in [1.82, 2.24) is 0 Å². The minimum Gasteiger partial charge on any atom is -0.496 e. The monoisotopic (exact) mass is 348 g/mol. The van der Waals surface area contributed by atoms with E-state index in [1.807, 2.05) is 0 Å². The zero-order chi connectivity index (χ0) is 18.8. The number of rotatable bonds is 2. The van der Waals surface area contributed by atoms with Gasteiger partial charge >= 0.3 is 0 Å². The summed E-state index contributed by atoms with van der Waals surface area (Å²) in [6.07, 6.45) is 2.57. The number of allylic oxidation sites excluding steroid dienone is 1. The Kier molecular flexibility index (Phi) is 3.62. The largest absolute Gasteiger partial charge is 0.496 e. The van der Waals surface area contributed by atoms with Crippen LogP contribution in [0.5, 0.6) is 5.75 Å². The Labute approximate surface area is 156 Å². The van der Waals surface area contributed by atoms with E-state index in [9.17, 15) is 0 Å². The van der Waals surface area contributed by atoms with E-state index in [0.29, 0.717) is 0 Å². The molecule has 26 heavy (non-hydrogen) atoms. The third kappa shape index (κ3) is 2.06. The molecule has 2 aliphatic rings. The zero-order valence-electron chi connectivity index (χ0n) is 16.8.